The maximum absolute atomic E-state index is 13.8. The molecule has 0 fully saturated rings. The molecule has 0 aliphatic rings. The standard InChI is InChI=1S/C22H21F3N6O2/c1-13(2)14-4-6-15(7-5-14)17-8-19(22(23,24)25)31-20(28-17)9-18(29-31)21(32)27-16-10-26-30(11-16)12-33-3/h4-11,13H,12H2,1-3H3,(H,27,32). The first kappa shape index (κ1) is 22.5. The second-order valence-corrected chi connectivity index (χ2v) is 7.74. The molecule has 0 saturated carbocycles. The van der Waals surface area contributed by atoms with Crippen molar-refractivity contribution in [3.63, 3.8) is 0 Å². The summed E-state index contributed by atoms with van der Waals surface area (Å²) in [4.78, 5) is 16.9. The van der Waals surface area contributed by atoms with Crippen molar-refractivity contribution in [1.29, 1.82) is 0 Å². The highest BCUT2D eigenvalue weighted by Gasteiger charge is 2.35. The van der Waals surface area contributed by atoms with Gasteiger partial charge in [0.1, 0.15) is 6.73 Å². The zero-order valence-corrected chi connectivity index (χ0v) is 18.1. The van der Waals surface area contributed by atoms with Crippen LogP contribution in [0.5, 0.6) is 0 Å². The number of hydrogen-bond donors (Lipinski definition) is 1. The monoisotopic (exact) mass is 458 g/mol. The zero-order valence-electron chi connectivity index (χ0n) is 18.1. The number of nitrogens with zero attached hydrogens (tertiary/aromatic N) is 5. The van der Waals surface area contributed by atoms with Crippen molar-refractivity contribution in [2.75, 3.05) is 12.4 Å². The minimum absolute atomic E-state index is 0.0898. The number of rotatable bonds is 6. The van der Waals surface area contributed by atoms with Crippen LogP contribution in [-0.4, -0.2) is 37.4 Å². The fourth-order valence-electron chi connectivity index (χ4n) is 3.30. The average molecular weight is 458 g/mol. The van der Waals surface area contributed by atoms with E-state index in [9.17, 15) is 18.0 Å². The Balaban J connectivity index is 1.71. The summed E-state index contributed by atoms with van der Waals surface area (Å²) in [5.74, 6) is -0.397. The van der Waals surface area contributed by atoms with Gasteiger partial charge < -0.3 is 10.1 Å². The van der Waals surface area contributed by atoms with Gasteiger partial charge in [-0.1, -0.05) is 38.1 Å². The van der Waals surface area contributed by atoms with Gasteiger partial charge in [0.2, 0.25) is 0 Å². The van der Waals surface area contributed by atoms with Gasteiger partial charge in [0.15, 0.2) is 17.0 Å². The lowest BCUT2D eigenvalue weighted by Gasteiger charge is -2.11. The van der Waals surface area contributed by atoms with Crippen LogP contribution in [0.15, 0.2) is 48.8 Å². The Labute approximate surface area is 187 Å². The molecular formula is C22H21F3N6O2. The van der Waals surface area contributed by atoms with E-state index < -0.39 is 17.8 Å². The number of aromatic nitrogens is 5. The van der Waals surface area contributed by atoms with Crippen molar-refractivity contribution < 1.29 is 22.7 Å². The van der Waals surface area contributed by atoms with Gasteiger partial charge in [0.05, 0.1) is 23.8 Å². The summed E-state index contributed by atoms with van der Waals surface area (Å²) in [7, 11) is 1.49. The van der Waals surface area contributed by atoms with Crippen molar-refractivity contribution in [2.24, 2.45) is 0 Å². The van der Waals surface area contributed by atoms with Gasteiger partial charge in [0, 0.05) is 18.7 Å². The van der Waals surface area contributed by atoms with E-state index in [0.29, 0.717) is 15.8 Å². The van der Waals surface area contributed by atoms with Crippen LogP contribution >= 0.6 is 0 Å². The third-order valence-electron chi connectivity index (χ3n) is 4.98. The predicted molar refractivity (Wildman–Crippen MR) is 115 cm³/mol. The van der Waals surface area contributed by atoms with E-state index in [-0.39, 0.29) is 29.7 Å². The summed E-state index contributed by atoms with van der Waals surface area (Å²) in [5, 5.41) is 10.4. The number of carbonyl (C=O) groups is 1. The number of methoxy groups -OCH3 is 1. The maximum Gasteiger partial charge on any atom is 0.433 e. The summed E-state index contributed by atoms with van der Waals surface area (Å²) in [6.07, 6.45) is -1.78. The Morgan fingerprint density at radius 1 is 1.18 bits per heavy atom. The molecule has 1 aromatic carbocycles. The normalized spacial score (nSPS) is 12.0. The van der Waals surface area contributed by atoms with E-state index in [2.05, 4.69) is 20.5 Å². The summed E-state index contributed by atoms with van der Waals surface area (Å²) in [5.41, 5.74) is 0.759. The molecule has 172 valence electrons. The highest BCUT2D eigenvalue weighted by Crippen LogP contribution is 2.32. The lowest BCUT2D eigenvalue weighted by Crippen LogP contribution is -2.15. The molecule has 4 aromatic rings. The van der Waals surface area contributed by atoms with Crippen LogP contribution in [0.25, 0.3) is 16.9 Å². The summed E-state index contributed by atoms with van der Waals surface area (Å²) < 4.78 is 48.4. The van der Waals surface area contributed by atoms with Gasteiger partial charge in [-0.05, 0) is 17.5 Å². The Bertz CT molecular complexity index is 1290. The average Bonchev–Trinajstić information content (AvgIpc) is 3.39. The Kier molecular flexibility index (Phi) is 5.90. The number of hydrogen-bond acceptors (Lipinski definition) is 5. The van der Waals surface area contributed by atoms with E-state index in [4.69, 9.17) is 4.74 Å². The number of anilines is 1. The van der Waals surface area contributed by atoms with Crippen molar-refractivity contribution in [3.05, 3.63) is 65.7 Å². The van der Waals surface area contributed by atoms with Gasteiger partial charge >= 0.3 is 6.18 Å². The number of ether oxygens (including phenoxy) is 1. The zero-order chi connectivity index (χ0) is 23.8. The van der Waals surface area contributed by atoms with E-state index >= 15 is 0 Å². The summed E-state index contributed by atoms with van der Waals surface area (Å²) in [6.45, 7) is 4.25. The number of carbonyl (C=O) groups excluding carboxylic acids is 1. The molecule has 4 rings (SSSR count). The minimum atomic E-state index is -4.70. The van der Waals surface area contributed by atoms with Gasteiger partial charge in [0.25, 0.3) is 5.91 Å². The van der Waals surface area contributed by atoms with E-state index in [1.807, 2.05) is 26.0 Å². The van der Waals surface area contributed by atoms with Crippen LogP contribution in [0, 0.1) is 0 Å². The van der Waals surface area contributed by atoms with Crippen LogP contribution in [0.1, 0.15) is 41.5 Å². The Morgan fingerprint density at radius 2 is 1.91 bits per heavy atom. The number of fused-ring (bicyclic) bond motifs is 1. The Morgan fingerprint density at radius 3 is 2.55 bits per heavy atom. The van der Waals surface area contributed by atoms with Gasteiger partial charge in [-0.2, -0.15) is 23.4 Å². The maximum atomic E-state index is 13.8. The largest absolute Gasteiger partial charge is 0.433 e. The lowest BCUT2D eigenvalue weighted by atomic mass is 10.0. The van der Waals surface area contributed by atoms with Crippen LogP contribution in [0.2, 0.25) is 0 Å². The second kappa shape index (κ2) is 8.66. The van der Waals surface area contributed by atoms with Crippen LogP contribution < -0.4 is 5.32 Å². The quantitative estimate of drug-likeness (QED) is 0.457. The lowest BCUT2D eigenvalue weighted by molar-refractivity contribution is -0.142. The molecule has 0 aliphatic heterocycles. The molecule has 3 aromatic heterocycles. The first-order valence-corrected chi connectivity index (χ1v) is 10.1. The molecule has 0 bridgehead atoms. The molecule has 0 saturated heterocycles. The number of alkyl halides is 3. The SMILES string of the molecule is COCn1cc(NC(=O)c2cc3nc(-c4ccc(C(C)C)cc4)cc(C(F)(F)F)n3n2)cn1. The Hall–Kier alpha value is -3.73. The molecule has 11 heteroatoms. The molecular weight excluding hydrogens is 437 g/mol. The van der Waals surface area contributed by atoms with Crippen molar-refractivity contribution >= 4 is 17.2 Å². The van der Waals surface area contributed by atoms with Gasteiger partial charge in [-0.3, -0.25) is 4.79 Å². The highest BCUT2D eigenvalue weighted by atomic mass is 19.4. The van der Waals surface area contributed by atoms with Gasteiger partial charge in [-0.25, -0.2) is 14.2 Å². The molecule has 0 spiro atoms. The van der Waals surface area contributed by atoms with E-state index in [0.717, 1.165) is 11.6 Å². The van der Waals surface area contributed by atoms with Crippen LogP contribution in [0.4, 0.5) is 18.9 Å². The third kappa shape index (κ3) is 4.72. The third-order valence-corrected chi connectivity index (χ3v) is 4.98. The van der Waals surface area contributed by atoms with Crippen molar-refractivity contribution in [1.82, 2.24) is 24.4 Å². The number of nitrogens with one attached hydrogen (secondary N) is 1. The molecule has 1 amide bonds. The smallest absolute Gasteiger partial charge is 0.362 e. The van der Waals surface area contributed by atoms with Crippen LogP contribution in [-0.2, 0) is 17.6 Å². The number of amides is 1. The van der Waals surface area contributed by atoms with Gasteiger partial charge in [-0.15, -0.1) is 0 Å². The molecule has 0 unspecified atom stereocenters. The van der Waals surface area contributed by atoms with E-state index in [1.165, 1.54) is 30.3 Å². The highest BCUT2D eigenvalue weighted by molar-refractivity contribution is 6.03. The molecule has 8 nitrogen and oxygen atoms in total. The molecule has 0 atom stereocenters. The molecule has 1 N–H and O–H groups in total. The molecule has 0 aliphatic carbocycles. The molecule has 33 heavy (non-hydrogen) atoms. The topological polar surface area (TPSA) is 86.3 Å². The minimum Gasteiger partial charge on any atom is -0.362 e. The second-order valence-electron chi connectivity index (χ2n) is 7.74. The predicted octanol–water partition coefficient (Wildman–Crippen LogP) is 4.59. The summed E-state index contributed by atoms with van der Waals surface area (Å²) in [6, 6.07) is 9.33. The first-order valence-electron chi connectivity index (χ1n) is 10.1. The molecule has 0 radical (unpaired) electrons. The number of halogens is 3. The van der Waals surface area contributed by atoms with Crippen molar-refractivity contribution in [2.45, 2.75) is 32.7 Å². The van der Waals surface area contributed by atoms with Crippen molar-refractivity contribution in [3.8, 4) is 11.3 Å². The first-order chi connectivity index (χ1) is 15.7. The van der Waals surface area contributed by atoms with Crippen LogP contribution in [0.3, 0.4) is 0 Å². The summed E-state index contributed by atoms with van der Waals surface area (Å²) >= 11 is 0. The fraction of sp³-hybridized carbons (Fsp3) is 0.273. The molecule has 3 heterocycles. The fourth-order valence-corrected chi connectivity index (χ4v) is 3.30. The number of benzene rings is 1. The van der Waals surface area contributed by atoms with E-state index in [1.54, 1.807) is 12.1 Å².